The lowest BCUT2D eigenvalue weighted by Crippen LogP contribution is -2.51. The third kappa shape index (κ3) is 2.66. The van der Waals surface area contributed by atoms with Gasteiger partial charge in [0, 0.05) is 18.7 Å². The largest absolute Gasteiger partial charge is 0.394 e. The van der Waals surface area contributed by atoms with Crippen molar-refractivity contribution >= 4 is 17.0 Å². The zero-order valence-electron chi connectivity index (χ0n) is 14.6. The van der Waals surface area contributed by atoms with Gasteiger partial charge in [-0.25, -0.2) is 4.52 Å². The summed E-state index contributed by atoms with van der Waals surface area (Å²) in [6.07, 6.45) is 1.10. The Kier molecular flexibility index (Phi) is 3.98. The fourth-order valence-corrected chi connectivity index (χ4v) is 3.52. The Hall–Kier alpha value is -1.79. The molecule has 6 nitrogen and oxygen atoms in total. The SMILES string of the molecule is Cc1ccc2c(N)c(N3CCC([N+](C)(C)CCO)C3)nn2c1C. The Bertz CT molecular complexity index is 721. The summed E-state index contributed by atoms with van der Waals surface area (Å²) < 4.78 is 2.79. The van der Waals surface area contributed by atoms with Gasteiger partial charge in [-0.2, -0.15) is 0 Å². The van der Waals surface area contributed by atoms with E-state index in [0.29, 0.717) is 6.04 Å². The smallest absolute Gasteiger partial charge is 0.175 e. The number of hydrogen-bond acceptors (Lipinski definition) is 4. The number of nitrogen functional groups attached to an aromatic ring is 1. The Labute approximate surface area is 137 Å². The van der Waals surface area contributed by atoms with Crippen molar-refractivity contribution in [1.82, 2.24) is 9.61 Å². The number of anilines is 2. The van der Waals surface area contributed by atoms with Gasteiger partial charge >= 0.3 is 0 Å². The van der Waals surface area contributed by atoms with Crippen LogP contribution < -0.4 is 10.6 Å². The highest BCUT2D eigenvalue weighted by Crippen LogP contribution is 2.32. The molecule has 1 saturated heterocycles. The molecule has 0 bridgehead atoms. The number of nitrogens with zero attached hydrogens (tertiary/aromatic N) is 4. The number of nitrogens with two attached hydrogens (primary N) is 1. The summed E-state index contributed by atoms with van der Waals surface area (Å²) in [5, 5.41) is 14.1. The van der Waals surface area contributed by atoms with Gasteiger partial charge in [-0.3, -0.25) is 0 Å². The molecule has 1 aliphatic heterocycles. The predicted molar refractivity (Wildman–Crippen MR) is 93.8 cm³/mol. The molecule has 0 aliphatic carbocycles. The number of quaternary nitrogens is 1. The van der Waals surface area contributed by atoms with Crippen LogP contribution in [0, 0.1) is 13.8 Å². The maximum absolute atomic E-state index is 9.28. The predicted octanol–water partition coefficient (Wildman–Crippen LogP) is 1.18. The Morgan fingerprint density at radius 1 is 1.35 bits per heavy atom. The van der Waals surface area contributed by atoms with Crippen molar-refractivity contribution in [1.29, 1.82) is 0 Å². The second-order valence-corrected chi connectivity index (χ2v) is 7.25. The molecule has 1 fully saturated rings. The third-order valence-corrected chi connectivity index (χ3v) is 5.45. The van der Waals surface area contributed by atoms with E-state index >= 15 is 0 Å². The van der Waals surface area contributed by atoms with Crippen LogP contribution in [-0.4, -0.2) is 65.6 Å². The van der Waals surface area contributed by atoms with Gasteiger partial charge in [-0.15, -0.1) is 5.10 Å². The number of fused-ring (bicyclic) bond motifs is 1. The average molecular weight is 318 g/mol. The van der Waals surface area contributed by atoms with Crippen LogP contribution in [0.2, 0.25) is 0 Å². The van der Waals surface area contributed by atoms with Gasteiger partial charge in [0.05, 0.1) is 32.8 Å². The van der Waals surface area contributed by atoms with Crippen molar-refractivity contribution < 1.29 is 9.59 Å². The molecular weight excluding hydrogens is 290 g/mol. The van der Waals surface area contributed by atoms with Gasteiger partial charge in [0.1, 0.15) is 18.3 Å². The quantitative estimate of drug-likeness (QED) is 0.831. The summed E-state index contributed by atoms with van der Waals surface area (Å²) >= 11 is 0. The number of aromatic nitrogens is 2. The molecule has 0 amide bonds. The Morgan fingerprint density at radius 3 is 2.78 bits per heavy atom. The molecule has 6 heteroatoms. The number of hydrogen-bond donors (Lipinski definition) is 2. The number of aliphatic hydroxyl groups excluding tert-OH is 1. The summed E-state index contributed by atoms with van der Waals surface area (Å²) in [7, 11) is 4.37. The fraction of sp³-hybridized carbons (Fsp3) is 0.588. The minimum Gasteiger partial charge on any atom is -0.394 e. The summed E-state index contributed by atoms with van der Waals surface area (Å²) in [4.78, 5) is 2.29. The van der Waals surface area contributed by atoms with Crippen molar-refractivity contribution in [2.75, 3.05) is 51.0 Å². The van der Waals surface area contributed by atoms with Crippen LogP contribution in [0.1, 0.15) is 17.7 Å². The van der Waals surface area contributed by atoms with Crippen LogP contribution in [0.4, 0.5) is 11.5 Å². The molecule has 126 valence electrons. The summed E-state index contributed by atoms with van der Waals surface area (Å²) in [5.41, 5.74) is 10.5. The van der Waals surface area contributed by atoms with Gasteiger partial charge < -0.3 is 20.2 Å². The standard InChI is InChI=1S/C17H28N5O/c1-12-5-6-15-16(18)17(19-21(15)13(12)2)20-8-7-14(11-20)22(3,4)9-10-23/h5-6,14,23H,7-11,18H2,1-4H3/q+1. The van der Waals surface area contributed by atoms with E-state index in [2.05, 4.69) is 38.9 Å². The zero-order chi connectivity index (χ0) is 16.8. The average Bonchev–Trinajstić information content (AvgIpc) is 3.09. The van der Waals surface area contributed by atoms with E-state index in [1.807, 2.05) is 10.6 Å². The first-order valence-corrected chi connectivity index (χ1v) is 8.28. The van der Waals surface area contributed by atoms with Crippen LogP contribution in [0.25, 0.3) is 5.52 Å². The minimum atomic E-state index is 0.221. The number of pyridine rings is 1. The molecule has 0 radical (unpaired) electrons. The molecule has 2 aromatic heterocycles. The van der Waals surface area contributed by atoms with E-state index in [1.165, 1.54) is 5.56 Å². The monoisotopic (exact) mass is 318 g/mol. The van der Waals surface area contributed by atoms with Crippen LogP contribution in [0.5, 0.6) is 0 Å². The number of rotatable bonds is 4. The highest BCUT2D eigenvalue weighted by atomic mass is 16.3. The first kappa shape index (κ1) is 16.1. The van der Waals surface area contributed by atoms with E-state index in [-0.39, 0.29) is 6.61 Å². The van der Waals surface area contributed by atoms with E-state index in [4.69, 9.17) is 10.8 Å². The zero-order valence-corrected chi connectivity index (χ0v) is 14.6. The maximum Gasteiger partial charge on any atom is 0.175 e. The number of likely N-dealkylation sites (N-methyl/N-ethyl adjacent to an activating group) is 1. The molecule has 3 N–H and O–H groups in total. The van der Waals surface area contributed by atoms with Crippen LogP contribution in [-0.2, 0) is 0 Å². The normalized spacial score (nSPS) is 19.0. The molecule has 3 heterocycles. The molecule has 3 rings (SSSR count). The molecule has 1 aliphatic rings. The van der Waals surface area contributed by atoms with Crippen molar-refractivity contribution in [3.8, 4) is 0 Å². The molecule has 0 saturated carbocycles. The summed E-state index contributed by atoms with van der Waals surface area (Å²) in [5.74, 6) is 0.894. The second-order valence-electron chi connectivity index (χ2n) is 7.25. The molecule has 0 spiro atoms. The minimum absolute atomic E-state index is 0.221. The van der Waals surface area contributed by atoms with Gasteiger partial charge in [0.15, 0.2) is 5.82 Å². The summed E-state index contributed by atoms with van der Waals surface area (Å²) in [6, 6.07) is 4.64. The lowest BCUT2D eigenvalue weighted by molar-refractivity contribution is -0.912. The molecule has 1 atom stereocenters. The van der Waals surface area contributed by atoms with Crippen molar-refractivity contribution in [3.05, 3.63) is 23.4 Å². The lowest BCUT2D eigenvalue weighted by Gasteiger charge is -2.35. The highest BCUT2D eigenvalue weighted by molar-refractivity contribution is 5.82. The van der Waals surface area contributed by atoms with E-state index in [1.54, 1.807) is 0 Å². The first-order chi connectivity index (χ1) is 10.8. The Balaban J connectivity index is 1.90. The molecular formula is C17H28N5O+. The van der Waals surface area contributed by atoms with E-state index < -0.39 is 0 Å². The van der Waals surface area contributed by atoms with Crippen molar-refractivity contribution in [2.24, 2.45) is 0 Å². The highest BCUT2D eigenvalue weighted by Gasteiger charge is 2.36. The van der Waals surface area contributed by atoms with Gasteiger partial charge in [0.25, 0.3) is 0 Å². The lowest BCUT2D eigenvalue weighted by atomic mass is 10.2. The first-order valence-electron chi connectivity index (χ1n) is 8.28. The summed E-state index contributed by atoms with van der Waals surface area (Å²) in [6.45, 7) is 7.05. The molecule has 2 aromatic rings. The van der Waals surface area contributed by atoms with Crippen molar-refractivity contribution in [3.63, 3.8) is 0 Å². The van der Waals surface area contributed by atoms with Crippen LogP contribution in [0.3, 0.4) is 0 Å². The van der Waals surface area contributed by atoms with Crippen molar-refractivity contribution in [2.45, 2.75) is 26.3 Å². The molecule has 23 heavy (non-hydrogen) atoms. The number of aliphatic hydroxyl groups is 1. The van der Waals surface area contributed by atoms with Gasteiger partial charge in [-0.1, -0.05) is 6.07 Å². The fourth-order valence-electron chi connectivity index (χ4n) is 3.52. The second kappa shape index (κ2) is 5.69. The maximum atomic E-state index is 9.28. The van der Waals surface area contributed by atoms with Gasteiger partial charge in [-0.05, 0) is 25.5 Å². The van der Waals surface area contributed by atoms with Crippen LogP contribution >= 0.6 is 0 Å². The van der Waals surface area contributed by atoms with Gasteiger partial charge in [0.2, 0.25) is 0 Å². The molecule has 1 unspecified atom stereocenters. The Morgan fingerprint density at radius 2 is 2.09 bits per heavy atom. The molecule has 0 aromatic carbocycles. The third-order valence-electron chi connectivity index (χ3n) is 5.45. The topological polar surface area (TPSA) is 66.8 Å². The van der Waals surface area contributed by atoms with E-state index in [9.17, 15) is 5.11 Å². The number of aryl methyl sites for hydroxylation is 2. The van der Waals surface area contributed by atoms with E-state index in [0.717, 1.165) is 53.3 Å². The van der Waals surface area contributed by atoms with Crippen LogP contribution in [0.15, 0.2) is 12.1 Å².